The van der Waals surface area contributed by atoms with E-state index in [4.69, 9.17) is 16.3 Å². The van der Waals surface area contributed by atoms with E-state index in [0.29, 0.717) is 28.6 Å². The average molecular weight is 369 g/mol. The van der Waals surface area contributed by atoms with E-state index in [-0.39, 0.29) is 5.91 Å². The van der Waals surface area contributed by atoms with Crippen molar-refractivity contribution in [2.45, 2.75) is 13.3 Å². The second-order valence-corrected chi connectivity index (χ2v) is 5.81. The van der Waals surface area contributed by atoms with Gasteiger partial charge in [-0.15, -0.1) is 0 Å². The summed E-state index contributed by atoms with van der Waals surface area (Å²) in [6.45, 7) is 2.61. The lowest BCUT2D eigenvalue weighted by atomic mass is 10.2. The number of rotatable bonds is 5. The van der Waals surface area contributed by atoms with Crippen LogP contribution in [0, 0.1) is 0 Å². The number of carbonyl (C=O) groups excluding carboxylic acids is 1. The highest BCUT2D eigenvalue weighted by Gasteiger charge is 2.11. The number of amides is 1. The van der Waals surface area contributed by atoms with E-state index in [0.717, 1.165) is 10.9 Å². The van der Waals surface area contributed by atoms with E-state index in [1.807, 2.05) is 19.1 Å². The first-order valence-corrected chi connectivity index (χ1v) is 7.76. The Bertz CT molecular complexity index is 646. The van der Waals surface area contributed by atoms with Gasteiger partial charge in [0, 0.05) is 15.1 Å². The highest BCUT2D eigenvalue weighted by Crippen LogP contribution is 2.28. The number of halogens is 2. The summed E-state index contributed by atoms with van der Waals surface area (Å²) in [5, 5.41) is 3.38. The zero-order valence-electron chi connectivity index (χ0n) is 11.5. The van der Waals surface area contributed by atoms with Crippen LogP contribution in [-0.2, 0) is 0 Å². The summed E-state index contributed by atoms with van der Waals surface area (Å²) in [4.78, 5) is 12.3. The second kappa shape index (κ2) is 7.48. The lowest BCUT2D eigenvalue weighted by molar-refractivity contribution is 0.102. The number of carbonyl (C=O) groups is 1. The monoisotopic (exact) mass is 367 g/mol. The average Bonchev–Trinajstić information content (AvgIpc) is 2.46. The summed E-state index contributed by atoms with van der Waals surface area (Å²) in [6, 6.07) is 12.4. The van der Waals surface area contributed by atoms with Gasteiger partial charge in [-0.25, -0.2) is 0 Å². The number of hydrogen-bond acceptors (Lipinski definition) is 2. The molecule has 0 heterocycles. The van der Waals surface area contributed by atoms with E-state index >= 15 is 0 Å². The Balaban J connectivity index is 2.21. The van der Waals surface area contributed by atoms with Gasteiger partial charge >= 0.3 is 0 Å². The molecule has 1 N–H and O–H groups in total. The van der Waals surface area contributed by atoms with Gasteiger partial charge in [-0.2, -0.15) is 0 Å². The molecule has 0 aliphatic carbocycles. The molecule has 2 aromatic carbocycles. The van der Waals surface area contributed by atoms with Crippen molar-refractivity contribution in [1.82, 2.24) is 0 Å². The van der Waals surface area contributed by atoms with Gasteiger partial charge in [-0.3, -0.25) is 4.79 Å². The van der Waals surface area contributed by atoms with Crippen molar-refractivity contribution in [3.8, 4) is 5.75 Å². The van der Waals surface area contributed by atoms with E-state index < -0.39 is 0 Å². The molecule has 0 aliphatic rings. The molecule has 2 rings (SSSR count). The van der Waals surface area contributed by atoms with Gasteiger partial charge in [0.25, 0.3) is 5.91 Å². The lowest BCUT2D eigenvalue weighted by Gasteiger charge is -2.12. The highest BCUT2D eigenvalue weighted by molar-refractivity contribution is 9.10. The molecule has 0 saturated carbocycles. The zero-order valence-corrected chi connectivity index (χ0v) is 13.9. The first-order chi connectivity index (χ1) is 10.1. The van der Waals surface area contributed by atoms with Crippen LogP contribution in [-0.4, -0.2) is 12.5 Å². The first-order valence-electron chi connectivity index (χ1n) is 6.59. The molecule has 0 aromatic heterocycles. The van der Waals surface area contributed by atoms with Crippen molar-refractivity contribution in [3.05, 3.63) is 57.5 Å². The molecule has 0 aliphatic heterocycles. The summed E-state index contributed by atoms with van der Waals surface area (Å²) >= 11 is 9.34. The van der Waals surface area contributed by atoms with E-state index in [2.05, 4.69) is 21.2 Å². The number of nitrogens with one attached hydrogen (secondary N) is 1. The van der Waals surface area contributed by atoms with Crippen LogP contribution in [0.1, 0.15) is 23.7 Å². The summed E-state index contributed by atoms with van der Waals surface area (Å²) < 4.78 is 6.47. The summed E-state index contributed by atoms with van der Waals surface area (Å²) in [6.07, 6.45) is 0.891. The Hall–Kier alpha value is -1.52. The Labute approximate surface area is 137 Å². The van der Waals surface area contributed by atoms with Gasteiger partial charge in [0.2, 0.25) is 0 Å². The molecule has 0 spiro atoms. The van der Waals surface area contributed by atoms with Crippen LogP contribution < -0.4 is 10.1 Å². The SMILES string of the molecule is CCCOc1ccc(Cl)cc1NC(=O)c1cccc(Br)c1. The van der Waals surface area contributed by atoms with Gasteiger partial charge in [-0.1, -0.05) is 40.5 Å². The topological polar surface area (TPSA) is 38.3 Å². The van der Waals surface area contributed by atoms with Crippen molar-refractivity contribution < 1.29 is 9.53 Å². The summed E-state index contributed by atoms with van der Waals surface area (Å²) in [5.41, 5.74) is 1.13. The minimum atomic E-state index is -0.208. The van der Waals surface area contributed by atoms with Crippen molar-refractivity contribution in [2.75, 3.05) is 11.9 Å². The molecule has 0 unspecified atom stereocenters. The van der Waals surface area contributed by atoms with E-state index in [9.17, 15) is 4.79 Å². The van der Waals surface area contributed by atoms with Crippen LogP contribution in [0.15, 0.2) is 46.9 Å². The second-order valence-electron chi connectivity index (χ2n) is 4.45. The molecule has 0 saturated heterocycles. The predicted molar refractivity (Wildman–Crippen MR) is 89.3 cm³/mol. The van der Waals surface area contributed by atoms with Crippen molar-refractivity contribution >= 4 is 39.1 Å². The van der Waals surface area contributed by atoms with Crippen LogP contribution in [0.4, 0.5) is 5.69 Å². The molecule has 0 radical (unpaired) electrons. The molecular formula is C16H15BrClNO2. The minimum absolute atomic E-state index is 0.208. The number of ether oxygens (including phenoxy) is 1. The maximum atomic E-state index is 12.3. The quantitative estimate of drug-likeness (QED) is 0.793. The third-order valence-corrected chi connectivity index (χ3v) is 3.47. The molecule has 2 aromatic rings. The van der Waals surface area contributed by atoms with Crippen molar-refractivity contribution in [3.63, 3.8) is 0 Å². The smallest absolute Gasteiger partial charge is 0.255 e. The Morgan fingerprint density at radius 3 is 2.81 bits per heavy atom. The predicted octanol–water partition coefficient (Wildman–Crippen LogP) is 5.14. The third-order valence-electron chi connectivity index (χ3n) is 2.74. The van der Waals surface area contributed by atoms with Gasteiger partial charge in [0.1, 0.15) is 5.75 Å². The fourth-order valence-electron chi connectivity index (χ4n) is 1.76. The first kappa shape index (κ1) is 15.9. The molecule has 5 heteroatoms. The van der Waals surface area contributed by atoms with Crippen LogP contribution in [0.2, 0.25) is 5.02 Å². The Morgan fingerprint density at radius 1 is 1.29 bits per heavy atom. The molecular weight excluding hydrogens is 354 g/mol. The fourth-order valence-corrected chi connectivity index (χ4v) is 2.33. The molecule has 0 fully saturated rings. The largest absolute Gasteiger partial charge is 0.491 e. The van der Waals surface area contributed by atoms with Gasteiger partial charge < -0.3 is 10.1 Å². The maximum absolute atomic E-state index is 12.3. The van der Waals surface area contributed by atoms with Gasteiger partial charge in [0.15, 0.2) is 0 Å². The molecule has 110 valence electrons. The molecule has 1 amide bonds. The lowest BCUT2D eigenvalue weighted by Crippen LogP contribution is -2.13. The molecule has 3 nitrogen and oxygen atoms in total. The fraction of sp³-hybridized carbons (Fsp3) is 0.188. The van der Waals surface area contributed by atoms with Crippen LogP contribution in [0.3, 0.4) is 0 Å². The molecule has 0 bridgehead atoms. The number of anilines is 1. The van der Waals surface area contributed by atoms with Gasteiger partial charge in [-0.05, 0) is 42.8 Å². The molecule has 0 atom stereocenters. The highest BCUT2D eigenvalue weighted by atomic mass is 79.9. The Kier molecular flexibility index (Phi) is 5.65. The van der Waals surface area contributed by atoms with Crippen LogP contribution in [0.25, 0.3) is 0 Å². The zero-order chi connectivity index (χ0) is 15.2. The van der Waals surface area contributed by atoms with Crippen molar-refractivity contribution in [1.29, 1.82) is 0 Å². The van der Waals surface area contributed by atoms with Crippen LogP contribution in [0.5, 0.6) is 5.75 Å². The summed E-state index contributed by atoms with van der Waals surface area (Å²) in [7, 11) is 0. The third kappa shape index (κ3) is 4.48. The maximum Gasteiger partial charge on any atom is 0.255 e. The molecule has 21 heavy (non-hydrogen) atoms. The summed E-state index contributed by atoms with van der Waals surface area (Å²) in [5.74, 6) is 0.407. The number of benzene rings is 2. The van der Waals surface area contributed by atoms with Crippen LogP contribution >= 0.6 is 27.5 Å². The Morgan fingerprint density at radius 2 is 2.10 bits per heavy atom. The standard InChI is InChI=1S/C16H15BrClNO2/c1-2-8-21-15-7-6-13(18)10-14(15)19-16(20)11-4-3-5-12(17)9-11/h3-7,9-10H,2,8H2,1H3,(H,19,20). The normalized spacial score (nSPS) is 10.2. The van der Waals surface area contributed by atoms with Crippen molar-refractivity contribution in [2.24, 2.45) is 0 Å². The minimum Gasteiger partial charge on any atom is -0.491 e. The number of hydrogen-bond donors (Lipinski definition) is 1. The van der Waals surface area contributed by atoms with E-state index in [1.54, 1.807) is 30.3 Å². The van der Waals surface area contributed by atoms with E-state index in [1.165, 1.54) is 0 Å². The van der Waals surface area contributed by atoms with Gasteiger partial charge in [0.05, 0.1) is 12.3 Å².